The van der Waals surface area contributed by atoms with Gasteiger partial charge in [-0.1, -0.05) is 31.4 Å². The number of fused-ring (bicyclic) bond motifs is 3. The number of nitrogens with zero attached hydrogens (tertiary/aromatic N) is 1. The Labute approximate surface area is 124 Å². The van der Waals surface area contributed by atoms with Gasteiger partial charge in [0.1, 0.15) is 0 Å². The Hall–Kier alpha value is -1.38. The molecule has 0 aliphatic heterocycles. The molecule has 1 aromatic carbocycles. The van der Waals surface area contributed by atoms with Gasteiger partial charge in [-0.2, -0.15) is 0 Å². The van der Waals surface area contributed by atoms with Gasteiger partial charge in [0.05, 0.1) is 4.92 Å². The Kier molecular flexibility index (Phi) is 2.14. The molecule has 4 saturated carbocycles. The third-order valence-corrected chi connectivity index (χ3v) is 7.26. The quantitative estimate of drug-likeness (QED) is 0.594. The Morgan fingerprint density at radius 3 is 2.67 bits per heavy atom. The van der Waals surface area contributed by atoms with Crippen LogP contribution in [0.3, 0.4) is 0 Å². The van der Waals surface area contributed by atoms with E-state index in [2.05, 4.69) is 12.1 Å². The van der Waals surface area contributed by atoms with E-state index < -0.39 is 0 Å². The highest BCUT2D eigenvalue weighted by Crippen LogP contribution is 2.88. The van der Waals surface area contributed by atoms with Crippen molar-refractivity contribution in [1.29, 1.82) is 0 Å². The van der Waals surface area contributed by atoms with E-state index >= 15 is 0 Å². The van der Waals surface area contributed by atoms with E-state index in [0.29, 0.717) is 10.8 Å². The van der Waals surface area contributed by atoms with E-state index in [1.807, 2.05) is 0 Å². The van der Waals surface area contributed by atoms with Crippen molar-refractivity contribution < 1.29 is 4.92 Å². The molecule has 0 N–H and O–H groups in total. The molecule has 0 aromatic heterocycles. The van der Waals surface area contributed by atoms with E-state index in [0.717, 1.165) is 17.8 Å². The lowest BCUT2D eigenvalue weighted by Crippen LogP contribution is -2.13. The molecule has 5 rings (SSSR count). The largest absolute Gasteiger partial charge is 0.269 e. The van der Waals surface area contributed by atoms with Crippen LogP contribution in [-0.2, 0) is 5.41 Å². The van der Waals surface area contributed by atoms with Crippen molar-refractivity contribution in [2.24, 2.45) is 23.2 Å². The van der Waals surface area contributed by atoms with E-state index in [9.17, 15) is 10.1 Å². The van der Waals surface area contributed by atoms with Crippen LogP contribution >= 0.6 is 0 Å². The molecule has 1 aromatic rings. The Bertz CT molecular complexity index is 625. The highest BCUT2D eigenvalue weighted by atomic mass is 16.6. The summed E-state index contributed by atoms with van der Waals surface area (Å²) in [5, 5.41) is 10.8. The van der Waals surface area contributed by atoms with E-state index in [4.69, 9.17) is 0 Å². The van der Waals surface area contributed by atoms with E-state index in [1.54, 1.807) is 12.1 Å². The number of hydrogen-bond donors (Lipinski definition) is 0. The van der Waals surface area contributed by atoms with Gasteiger partial charge in [-0.25, -0.2) is 0 Å². The summed E-state index contributed by atoms with van der Waals surface area (Å²) in [6, 6.07) is 7.52. The minimum atomic E-state index is -0.289. The third-order valence-electron chi connectivity index (χ3n) is 7.26. The fraction of sp³-hybridized carbons (Fsp3) is 0.667. The van der Waals surface area contributed by atoms with Gasteiger partial charge in [0.25, 0.3) is 5.69 Å². The molecule has 4 aliphatic rings. The maximum Gasteiger partial charge on any atom is 0.269 e. The molecule has 5 atom stereocenters. The van der Waals surface area contributed by atoms with Gasteiger partial charge in [-0.05, 0) is 54.4 Å². The highest BCUT2D eigenvalue weighted by molar-refractivity contribution is 5.48. The average Bonchev–Trinajstić information content (AvgIpc) is 3.33. The molecule has 4 fully saturated rings. The summed E-state index contributed by atoms with van der Waals surface area (Å²) in [5.41, 5.74) is 2.72. The van der Waals surface area contributed by atoms with Crippen LogP contribution < -0.4 is 0 Å². The molecule has 0 bridgehead atoms. The van der Waals surface area contributed by atoms with E-state index in [-0.39, 0.29) is 10.6 Å². The minimum Gasteiger partial charge on any atom is -0.258 e. The summed E-state index contributed by atoms with van der Waals surface area (Å²) in [7, 11) is 0. The van der Waals surface area contributed by atoms with Gasteiger partial charge < -0.3 is 0 Å². The lowest BCUT2D eigenvalue weighted by molar-refractivity contribution is -0.384. The first-order valence-corrected chi connectivity index (χ1v) is 8.43. The Morgan fingerprint density at radius 2 is 1.90 bits per heavy atom. The van der Waals surface area contributed by atoms with Crippen LogP contribution in [0.2, 0.25) is 0 Å². The van der Waals surface area contributed by atoms with Crippen LogP contribution in [0, 0.1) is 33.3 Å². The summed E-state index contributed by atoms with van der Waals surface area (Å²) in [4.78, 5) is 10.6. The van der Waals surface area contributed by atoms with Crippen molar-refractivity contribution in [2.75, 3.05) is 0 Å². The molecule has 3 nitrogen and oxygen atoms in total. The predicted octanol–water partition coefficient (Wildman–Crippen LogP) is 4.45. The molecule has 4 aliphatic carbocycles. The second-order valence-corrected chi connectivity index (χ2v) is 7.87. The molecule has 21 heavy (non-hydrogen) atoms. The SMILES string of the molecule is O=[N+]([O-])c1ccc([C@@]23C[C@H]2CC24CCCCC[C@H]2[C@H]43)cc1. The minimum absolute atomic E-state index is 0.227. The van der Waals surface area contributed by atoms with E-state index in [1.165, 1.54) is 50.5 Å². The molecule has 110 valence electrons. The molecule has 0 heterocycles. The first-order valence-electron chi connectivity index (χ1n) is 8.43. The van der Waals surface area contributed by atoms with Crippen LogP contribution in [0.5, 0.6) is 0 Å². The lowest BCUT2D eigenvalue weighted by Gasteiger charge is -2.17. The van der Waals surface area contributed by atoms with Crippen molar-refractivity contribution >= 4 is 5.69 Å². The Balaban J connectivity index is 1.49. The third kappa shape index (κ3) is 1.35. The topological polar surface area (TPSA) is 43.1 Å². The van der Waals surface area contributed by atoms with Crippen molar-refractivity contribution in [3.05, 3.63) is 39.9 Å². The fourth-order valence-corrected chi connectivity index (χ4v) is 6.49. The fourth-order valence-electron chi connectivity index (χ4n) is 6.49. The molecule has 1 spiro atoms. The molecular weight excluding hydrogens is 262 g/mol. The maximum absolute atomic E-state index is 10.8. The second kappa shape index (κ2) is 3.68. The van der Waals surface area contributed by atoms with Crippen LogP contribution in [0.1, 0.15) is 50.5 Å². The smallest absolute Gasteiger partial charge is 0.258 e. The average molecular weight is 283 g/mol. The summed E-state index contributed by atoms with van der Waals surface area (Å²) < 4.78 is 0. The second-order valence-electron chi connectivity index (χ2n) is 7.87. The summed E-state index contributed by atoms with van der Waals surface area (Å²) in [6.45, 7) is 0. The Morgan fingerprint density at radius 1 is 1.10 bits per heavy atom. The van der Waals surface area contributed by atoms with Gasteiger partial charge in [0, 0.05) is 17.5 Å². The predicted molar refractivity (Wildman–Crippen MR) is 80.0 cm³/mol. The first kappa shape index (κ1) is 12.2. The van der Waals surface area contributed by atoms with Crippen molar-refractivity contribution in [3.63, 3.8) is 0 Å². The highest BCUT2D eigenvalue weighted by Gasteiger charge is 2.83. The molecular formula is C18H21NO2. The standard InChI is InChI=1S/C18H21NO2/c20-19(21)14-7-5-12(6-8-14)18-11-13(18)10-17-9-3-1-2-4-15(17)16(17)18/h5-8,13,15-16H,1-4,9-11H2/t13-,15+,16-,17?,18+/m1/s1. The molecule has 3 heteroatoms. The van der Waals surface area contributed by atoms with Gasteiger partial charge >= 0.3 is 0 Å². The monoisotopic (exact) mass is 283 g/mol. The summed E-state index contributed by atoms with van der Waals surface area (Å²) >= 11 is 0. The number of nitro groups is 1. The summed E-state index contributed by atoms with van der Waals surface area (Å²) in [6.07, 6.45) is 9.95. The summed E-state index contributed by atoms with van der Waals surface area (Å²) in [5.74, 6) is 2.74. The van der Waals surface area contributed by atoms with Crippen molar-refractivity contribution in [1.82, 2.24) is 0 Å². The molecule has 0 amide bonds. The van der Waals surface area contributed by atoms with Crippen LogP contribution in [-0.4, -0.2) is 4.92 Å². The van der Waals surface area contributed by atoms with Gasteiger partial charge in [-0.3, -0.25) is 10.1 Å². The number of hydrogen-bond acceptors (Lipinski definition) is 2. The van der Waals surface area contributed by atoms with Crippen LogP contribution in [0.15, 0.2) is 24.3 Å². The van der Waals surface area contributed by atoms with Gasteiger partial charge in [0.2, 0.25) is 0 Å². The zero-order chi connectivity index (χ0) is 14.2. The zero-order valence-electron chi connectivity index (χ0n) is 12.3. The zero-order valence-corrected chi connectivity index (χ0v) is 12.3. The van der Waals surface area contributed by atoms with Crippen molar-refractivity contribution in [3.8, 4) is 0 Å². The van der Waals surface area contributed by atoms with Crippen LogP contribution in [0.4, 0.5) is 5.69 Å². The number of non-ortho nitro benzene ring substituents is 1. The van der Waals surface area contributed by atoms with Crippen molar-refractivity contribution in [2.45, 2.75) is 50.4 Å². The van der Waals surface area contributed by atoms with Gasteiger partial charge in [-0.15, -0.1) is 0 Å². The number of benzene rings is 1. The number of nitro benzene ring substituents is 1. The molecule has 1 unspecified atom stereocenters. The van der Waals surface area contributed by atoms with Crippen LogP contribution in [0.25, 0.3) is 0 Å². The normalized spacial score (nSPS) is 46.0. The maximum atomic E-state index is 10.8. The molecule has 0 saturated heterocycles. The first-order chi connectivity index (χ1) is 10.2. The van der Waals surface area contributed by atoms with Gasteiger partial charge in [0.15, 0.2) is 0 Å². The number of rotatable bonds is 2. The lowest BCUT2D eigenvalue weighted by atomic mass is 9.87. The molecule has 0 radical (unpaired) electrons.